The fraction of sp³-hybridized carbons (Fsp3) is 0.538. The zero-order valence-electron chi connectivity index (χ0n) is 11.0. The molecule has 1 unspecified atom stereocenters. The summed E-state index contributed by atoms with van der Waals surface area (Å²) in [7, 11) is 0. The van der Waals surface area contributed by atoms with Gasteiger partial charge in [0.2, 0.25) is 0 Å². The lowest BCUT2D eigenvalue weighted by Crippen LogP contribution is -2.46. The second-order valence-corrected chi connectivity index (χ2v) is 4.71. The van der Waals surface area contributed by atoms with Crippen molar-refractivity contribution in [3.8, 4) is 0 Å². The SMILES string of the molecule is CC(CN1CCOCC1)NC(=O)c1c[nH]ccc1=O. The number of carbonyl (C=O) groups is 1. The first kappa shape index (κ1) is 13.8. The number of carbonyl (C=O) groups excluding carboxylic acids is 1. The molecular formula is C13H19N3O3. The average molecular weight is 265 g/mol. The van der Waals surface area contributed by atoms with Crippen molar-refractivity contribution in [2.24, 2.45) is 0 Å². The summed E-state index contributed by atoms with van der Waals surface area (Å²) in [6, 6.07) is 1.34. The number of rotatable bonds is 4. The standard InChI is InChI=1S/C13H19N3O3/c1-10(9-16-4-6-19-7-5-16)15-13(18)11-8-14-3-2-12(11)17/h2-3,8,10H,4-7,9H2,1H3,(H,14,17)(H,15,18). The molecule has 1 atom stereocenters. The predicted octanol–water partition coefficient (Wildman–Crippen LogP) is -0.175. The molecule has 1 aromatic rings. The van der Waals surface area contributed by atoms with Crippen molar-refractivity contribution < 1.29 is 9.53 Å². The van der Waals surface area contributed by atoms with Crippen LogP contribution in [-0.2, 0) is 4.74 Å². The zero-order chi connectivity index (χ0) is 13.7. The topological polar surface area (TPSA) is 74.4 Å². The number of hydrogen-bond acceptors (Lipinski definition) is 4. The fourth-order valence-corrected chi connectivity index (χ4v) is 2.11. The van der Waals surface area contributed by atoms with Gasteiger partial charge >= 0.3 is 0 Å². The van der Waals surface area contributed by atoms with E-state index in [4.69, 9.17) is 4.74 Å². The number of aromatic amines is 1. The lowest BCUT2D eigenvalue weighted by molar-refractivity contribution is 0.0342. The molecule has 0 spiro atoms. The summed E-state index contributed by atoms with van der Waals surface area (Å²) >= 11 is 0. The molecule has 6 nitrogen and oxygen atoms in total. The van der Waals surface area contributed by atoms with E-state index in [1.54, 1.807) is 0 Å². The first-order valence-corrected chi connectivity index (χ1v) is 6.45. The third-order valence-electron chi connectivity index (χ3n) is 3.08. The summed E-state index contributed by atoms with van der Waals surface area (Å²) in [6.07, 6.45) is 2.94. The number of nitrogens with one attached hydrogen (secondary N) is 2. The molecule has 1 aromatic heterocycles. The van der Waals surface area contributed by atoms with Crippen LogP contribution < -0.4 is 10.7 Å². The van der Waals surface area contributed by atoms with E-state index in [0.717, 1.165) is 32.8 Å². The number of H-pyrrole nitrogens is 1. The maximum Gasteiger partial charge on any atom is 0.256 e. The van der Waals surface area contributed by atoms with Crippen molar-refractivity contribution in [3.05, 3.63) is 34.2 Å². The van der Waals surface area contributed by atoms with Gasteiger partial charge in [0.1, 0.15) is 5.56 Å². The quantitative estimate of drug-likeness (QED) is 0.792. The molecule has 6 heteroatoms. The Morgan fingerprint density at radius 2 is 2.26 bits per heavy atom. The molecule has 0 saturated carbocycles. The summed E-state index contributed by atoms with van der Waals surface area (Å²) in [6.45, 7) is 5.93. The van der Waals surface area contributed by atoms with Crippen LogP contribution in [0.5, 0.6) is 0 Å². The highest BCUT2D eigenvalue weighted by atomic mass is 16.5. The van der Waals surface area contributed by atoms with Crippen molar-refractivity contribution in [1.82, 2.24) is 15.2 Å². The molecule has 2 heterocycles. The first-order valence-electron chi connectivity index (χ1n) is 6.45. The van der Waals surface area contributed by atoms with Gasteiger partial charge in [-0.25, -0.2) is 0 Å². The third kappa shape index (κ3) is 3.90. The van der Waals surface area contributed by atoms with Crippen LogP contribution in [0.4, 0.5) is 0 Å². The van der Waals surface area contributed by atoms with Crippen LogP contribution in [0.15, 0.2) is 23.3 Å². The minimum atomic E-state index is -0.331. The number of aromatic nitrogens is 1. The van der Waals surface area contributed by atoms with Crippen molar-refractivity contribution >= 4 is 5.91 Å². The van der Waals surface area contributed by atoms with Crippen molar-refractivity contribution in [1.29, 1.82) is 0 Å². The van der Waals surface area contributed by atoms with Crippen molar-refractivity contribution in [2.75, 3.05) is 32.8 Å². The predicted molar refractivity (Wildman–Crippen MR) is 71.2 cm³/mol. The van der Waals surface area contributed by atoms with Gasteiger partial charge in [-0.1, -0.05) is 0 Å². The molecule has 0 bridgehead atoms. The Kier molecular flexibility index (Phi) is 4.70. The molecule has 1 amide bonds. The van der Waals surface area contributed by atoms with Crippen molar-refractivity contribution in [3.63, 3.8) is 0 Å². The van der Waals surface area contributed by atoms with E-state index in [0.29, 0.717) is 0 Å². The molecule has 1 aliphatic heterocycles. The van der Waals surface area contributed by atoms with Gasteiger partial charge in [0.25, 0.3) is 5.91 Å². The molecule has 0 aliphatic carbocycles. The molecule has 2 rings (SSSR count). The van der Waals surface area contributed by atoms with E-state index in [9.17, 15) is 9.59 Å². The van der Waals surface area contributed by atoms with E-state index in [1.165, 1.54) is 18.5 Å². The molecule has 1 aliphatic rings. The smallest absolute Gasteiger partial charge is 0.256 e. The molecule has 0 radical (unpaired) electrons. The molecule has 0 aromatic carbocycles. The van der Waals surface area contributed by atoms with Gasteiger partial charge in [0, 0.05) is 44.1 Å². The largest absolute Gasteiger partial charge is 0.379 e. The number of amides is 1. The van der Waals surface area contributed by atoms with E-state index < -0.39 is 0 Å². The van der Waals surface area contributed by atoms with Gasteiger partial charge in [-0.15, -0.1) is 0 Å². The molecule has 2 N–H and O–H groups in total. The second kappa shape index (κ2) is 6.49. The van der Waals surface area contributed by atoms with E-state index in [-0.39, 0.29) is 22.9 Å². The van der Waals surface area contributed by atoms with Crippen LogP contribution in [-0.4, -0.2) is 54.7 Å². The number of pyridine rings is 1. The van der Waals surface area contributed by atoms with E-state index in [2.05, 4.69) is 15.2 Å². The number of nitrogens with zero attached hydrogens (tertiary/aromatic N) is 1. The Hall–Kier alpha value is -1.66. The molecule has 19 heavy (non-hydrogen) atoms. The van der Waals surface area contributed by atoms with Gasteiger partial charge in [-0.2, -0.15) is 0 Å². The average Bonchev–Trinajstić information content (AvgIpc) is 2.40. The normalized spacial score (nSPS) is 17.9. The van der Waals surface area contributed by atoms with E-state index in [1.807, 2.05) is 6.92 Å². The van der Waals surface area contributed by atoms with Gasteiger partial charge < -0.3 is 15.0 Å². The minimum absolute atomic E-state index is 0.00907. The highest BCUT2D eigenvalue weighted by Crippen LogP contribution is 1.99. The Morgan fingerprint density at radius 1 is 1.53 bits per heavy atom. The van der Waals surface area contributed by atoms with Crippen molar-refractivity contribution in [2.45, 2.75) is 13.0 Å². The first-order chi connectivity index (χ1) is 9.16. The van der Waals surface area contributed by atoms with Crippen LogP contribution in [0.25, 0.3) is 0 Å². The maximum absolute atomic E-state index is 11.9. The maximum atomic E-state index is 11.9. The number of ether oxygens (including phenoxy) is 1. The Bertz CT molecular complexity index is 480. The summed E-state index contributed by atoms with van der Waals surface area (Å²) in [5, 5.41) is 2.84. The van der Waals surface area contributed by atoms with Crippen LogP contribution in [0.2, 0.25) is 0 Å². The summed E-state index contributed by atoms with van der Waals surface area (Å²) in [5.41, 5.74) is -0.119. The fourth-order valence-electron chi connectivity index (χ4n) is 2.11. The van der Waals surface area contributed by atoms with E-state index >= 15 is 0 Å². The second-order valence-electron chi connectivity index (χ2n) is 4.71. The summed E-state index contributed by atoms with van der Waals surface area (Å²) < 4.78 is 5.27. The lowest BCUT2D eigenvalue weighted by atomic mass is 10.2. The van der Waals surface area contributed by atoms with Gasteiger partial charge in [-0.3, -0.25) is 14.5 Å². The van der Waals surface area contributed by atoms with Crippen LogP contribution >= 0.6 is 0 Å². The lowest BCUT2D eigenvalue weighted by Gasteiger charge is -2.29. The highest BCUT2D eigenvalue weighted by molar-refractivity contribution is 5.93. The minimum Gasteiger partial charge on any atom is -0.379 e. The van der Waals surface area contributed by atoms with Gasteiger partial charge in [-0.05, 0) is 6.92 Å². The number of morpholine rings is 1. The summed E-state index contributed by atoms with van der Waals surface area (Å²) in [5.74, 6) is -0.331. The van der Waals surface area contributed by atoms with Crippen LogP contribution in [0.3, 0.4) is 0 Å². The molecule has 1 saturated heterocycles. The zero-order valence-corrected chi connectivity index (χ0v) is 11.0. The number of hydrogen-bond donors (Lipinski definition) is 2. The third-order valence-corrected chi connectivity index (χ3v) is 3.08. The van der Waals surface area contributed by atoms with Gasteiger partial charge in [0.05, 0.1) is 13.2 Å². The summed E-state index contributed by atoms with van der Waals surface area (Å²) in [4.78, 5) is 28.5. The van der Waals surface area contributed by atoms with Crippen LogP contribution in [0, 0.1) is 0 Å². The highest BCUT2D eigenvalue weighted by Gasteiger charge is 2.16. The molecular weight excluding hydrogens is 246 g/mol. The molecule has 1 fully saturated rings. The molecule has 104 valence electrons. The monoisotopic (exact) mass is 265 g/mol. The Balaban J connectivity index is 1.88. The van der Waals surface area contributed by atoms with Crippen LogP contribution in [0.1, 0.15) is 17.3 Å². The Morgan fingerprint density at radius 3 is 2.95 bits per heavy atom. The van der Waals surface area contributed by atoms with Gasteiger partial charge in [0.15, 0.2) is 5.43 Å². The Labute approximate surface area is 111 Å².